The predicted molar refractivity (Wildman–Crippen MR) is 154 cm³/mol. The summed E-state index contributed by atoms with van der Waals surface area (Å²) in [6.07, 6.45) is 4.16. The number of aryl methyl sites for hydroxylation is 2. The van der Waals surface area contributed by atoms with Crippen molar-refractivity contribution < 1.29 is 22.8 Å². The van der Waals surface area contributed by atoms with Crippen LogP contribution in [0.1, 0.15) is 70.9 Å². The Bertz CT molecular complexity index is 1340. The van der Waals surface area contributed by atoms with Gasteiger partial charge in [-0.2, -0.15) is 0 Å². The molecule has 4 aliphatic rings. The number of amides is 4. The summed E-state index contributed by atoms with van der Waals surface area (Å²) in [6.45, 7) is 11.5. The van der Waals surface area contributed by atoms with Gasteiger partial charge in [0, 0.05) is 19.0 Å². The SMILES string of the molecule is Cc1cc(N2C(=O)CNC2=O)ccc1CCS(=O)(=O)N1CCC2(CC1)N=C(C1CC(C)(C)CC(C)(C)C1)NC2=O. The van der Waals surface area contributed by atoms with Crippen molar-refractivity contribution in [2.45, 2.75) is 78.7 Å². The second-order valence-corrected chi connectivity index (χ2v) is 15.6. The van der Waals surface area contributed by atoms with Crippen LogP contribution in [0.15, 0.2) is 23.2 Å². The van der Waals surface area contributed by atoms with Gasteiger partial charge in [-0.15, -0.1) is 0 Å². The van der Waals surface area contributed by atoms with Gasteiger partial charge in [0.15, 0.2) is 0 Å². The fourth-order valence-corrected chi connectivity index (χ4v) is 8.87. The summed E-state index contributed by atoms with van der Waals surface area (Å²) in [5.74, 6) is 0.518. The van der Waals surface area contributed by atoms with Gasteiger partial charge in [0.05, 0.1) is 18.0 Å². The van der Waals surface area contributed by atoms with E-state index in [9.17, 15) is 22.8 Å². The van der Waals surface area contributed by atoms with Crippen molar-refractivity contribution in [1.82, 2.24) is 14.9 Å². The number of carbonyl (C=O) groups excluding carboxylic acids is 3. The van der Waals surface area contributed by atoms with E-state index < -0.39 is 21.6 Å². The van der Waals surface area contributed by atoms with Crippen LogP contribution in [-0.2, 0) is 26.0 Å². The molecule has 4 amide bonds. The van der Waals surface area contributed by atoms with Gasteiger partial charge >= 0.3 is 6.03 Å². The van der Waals surface area contributed by atoms with Crippen LogP contribution in [0.25, 0.3) is 0 Å². The van der Waals surface area contributed by atoms with E-state index in [4.69, 9.17) is 4.99 Å². The molecule has 0 bridgehead atoms. The molecule has 1 aliphatic carbocycles. The number of amidine groups is 1. The van der Waals surface area contributed by atoms with Gasteiger partial charge in [0.2, 0.25) is 10.0 Å². The van der Waals surface area contributed by atoms with E-state index in [1.807, 2.05) is 6.92 Å². The number of carbonyl (C=O) groups is 3. The molecular weight excluding hydrogens is 530 g/mol. The molecule has 10 nitrogen and oxygen atoms in total. The van der Waals surface area contributed by atoms with Gasteiger partial charge in [0.25, 0.3) is 11.8 Å². The van der Waals surface area contributed by atoms with Gasteiger partial charge in [-0.3, -0.25) is 14.6 Å². The summed E-state index contributed by atoms with van der Waals surface area (Å²) >= 11 is 0. The Morgan fingerprint density at radius 3 is 2.25 bits per heavy atom. The minimum Gasteiger partial charge on any atom is -0.328 e. The molecule has 1 aromatic rings. The number of anilines is 1. The lowest BCUT2D eigenvalue weighted by Crippen LogP contribution is -2.51. The lowest BCUT2D eigenvalue weighted by atomic mass is 9.61. The zero-order valence-corrected chi connectivity index (χ0v) is 25.0. The molecule has 2 N–H and O–H groups in total. The summed E-state index contributed by atoms with van der Waals surface area (Å²) in [5.41, 5.74) is 1.60. The van der Waals surface area contributed by atoms with E-state index in [1.165, 1.54) is 4.31 Å². The van der Waals surface area contributed by atoms with E-state index in [0.717, 1.165) is 41.1 Å². The van der Waals surface area contributed by atoms with Gasteiger partial charge in [-0.25, -0.2) is 22.4 Å². The first-order valence-electron chi connectivity index (χ1n) is 14.2. The van der Waals surface area contributed by atoms with E-state index >= 15 is 0 Å². The Balaban J connectivity index is 1.21. The lowest BCUT2D eigenvalue weighted by molar-refractivity contribution is -0.125. The molecule has 218 valence electrons. The minimum atomic E-state index is -3.55. The lowest BCUT2D eigenvalue weighted by Gasteiger charge is -2.44. The number of benzene rings is 1. The van der Waals surface area contributed by atoms with Crippen LogP contribution in [0.3, 0.4) is 0 Å². The van der Waals surface area contributed by atoms with Crippen LogP contribution in [-0.4, -0.2) is 67.3 Å². The molecule has 3 fully saturated rings. The first kappa shape index (κ1) is 28.7. The average molecular weight is 572 g/mol. The van der Waals surface area contributed by atoms with Crippen molar-refractivity contribution in [2.24, 2.45) is 21.7 Å². The smallest absolute Gasteiger partial charge is 0.328 e. The standard InChI is InChI=1S/C29H41N5O5S/c1-19-14-22(34-23(35)17-30-26(34)37)7-6-20(19)8-13-40(38,39)33-11-9-29(10-12-33)25(36)31-24(32-29)21-15-27(2,3)18-28(4,5)16-21/h6-7,14,21H,8-13,15-18H2,1-5H3,(H,30,37)(H,31,32,36). The minimum absolute atomic E-state index is 0.0276. The van der Waals surface area contributed by atoms with Gasteiger partial charge in [0.1, 0.15) is 11.4 Å². The van der Waals surface area contributed by atoms with Crippen molar-refractivity contribution in [3.63, 3.8) is 0 Å². The highest BCUT2D eigenvalue weighted by molar-refractivity contribution is 7.89. The highest BCUT2D eigenvalue weighted by atomic mass is 32.2. The van der Waals surface area contributed by atoms with Crippen molar-refractivity contribution >= 4 is 39.4 Å². The normalized spacial score (nSPS) is 24.8. The zero-order valence-electron chi connectivity index (χ0n) is 24.2. The molecule has 0 atom stereocenters. The number of imide groups is 1. The Hall–Kier alpha value is -2.79. The first-order chi connectivity index (χ1) is 18.6. The third-order valence-electron chi connectivity index (χ3n) is 8.94. The van der Waals surface area contributed by atoms with Crippen molar-refractivity contribution in [1.29, 1.82) is 0 Å². The number of nitrogens with one attached hydrogen (secondary N) is 2. The van der Waals surface area contributed by atoms with E-state index in [-0.39, 0.29) is 53.9 Å². The topological polar surface area (TPSA) is 128 Å². The number of piperidine rings is 1. The first-order valence-corrected chi connectivity index (χ1v) is 15.8. The molecule has 11 heteroatoms. The predicted octanol–water partition coefficient (Wildman–Crippen LogP) is 3.14. The van der Waals surface area contributed by atoms with Crippen molar-refractivity contribution in [3.8, 4) is 0 Å². The summed E-state index contributed by atoms with van der Waals surface area (Å²) in [5, 5.41) is 5.59. The van der Waals surface area contributed by atoms with Gasteiger partial charge in [-0.05, 0) is 79.5 Å². The van der Waals surface area contributed by atoms with E-state index in [0.29, 0.717) is 24.9 Å². The number of aliphatic imine (C=N–C) groups is 1. The maximum atomic E-state index is 13.3. The van der Waals surface area contributed by atoms with Gasteiger partial charge in [-0.1, -0.05) is 33.8 Å². The number of urea groups is 1. The zero-order chi connectivity index (χ0) is 29.1. The number of hydrogen-bond acceptors (Lipinski definition) is 6. The fourth-order valence-electron chi connectivity index (χ4n) is 7.40. The molecule has 0 aromatic heterocycles. The molecular formula is C29H41N5O5S. The monoisotopic (exact) mass is 571 g/mol. The maximum absolute atomic E-state index is 13.3. The molecule has 1 aromatic carbocycles. The molecule has 3 heterocycles. The number of sulfonamides is 1. The Labute approximate surface area is 237 Å². The second-order valence-electron chi connectivity index (χ2n) is 13.6. The van der Waals surface area contributed by atoms with Crippen LogP contribution < -0.4 is 15.5 Å². The molecule has 1 spiro atoms. The van der Waals surface area contributed by atoms with Gasteiger partial charge < -0.3 is 10.6 Å². The largest absolute Gasteiger partial charge is 0.329 e. The molecule has 40 heavy (non-hydrogen) atoms. The third kappa shape index (κ3) is 5.54. The molecule has 1 saturated carbocycles. The summed E-state index contributed by atoms with van der Waals surface area (Å²) in [4.78, 5) is 43.2. The maximum Gasteiger partial charge on any atom is 0.329 e. The molecule has 0 radical (unpaired) electrons. The van der Waals surface area contributed by atoms with E-state index in [1.54, 1.807) is 18.2 Å². The number of hydrogen-bond donors (Lipinski definition) is 2. The number of nitrogens with zero attached hydrogens (tertiary/aromatic N) is 3. The summed E-state index contributed by atoms with van der Waals surface area (Å²) in [7, 11) is -3.55. The number of rotatable bonds is 6. The van der Waals surface area contributed by atoms with Crippen LogP contribution in [0, 0.1) is 23.7 Å². The Morgan fingerprint density at radius 2 is 1.68 bits per heavy atom. The van der Waals surface area contributed by atoms with Crippen LogP contribution in [0.5, 0.6) is 0 Å². The molecule has 2 saturated heterocycles. The highest BCUT2D eigenvalue weighted by Gasteiger charge is 2.50. The molecule has 3 aliphatic heterocycles. The second kappa shape index (κ2) is 9.94. The quantitative estimate of drug-likeness (QED) is 0.507. The molecule has 5 rings (SSSR count). The fraction of sp³-hybridized carbons (Fsp3) is 0.655. The summed E-state index contributed by atoms with van der Waals surface area (Å²) in [6, 6.07) is 4.72. The van der Waals surface area contributed by atoms with Crippen molar-refractivity contribution in [3.05, 3.63) is 29.3 Å². The molecule has 0 unspecified atom stereocenters. The Kier molecular flexibility index (Phi) is 7.14. The third-order valence-corrected chi connectivity index (χ3v) is 10.8. The van der Waals surface area contributed by atoms with Crippen molar-refractivity contribution in [2.75, 3.05) is 30.3 Å². The van der Waals surface area contributed by atoms with Crippen LogP contribution >= 0.6 is 0 Å². The highest BCUT2D eigenvalue weighted by Crippen LogP contribution is 2.49. The van der Waals surface area contributed by atoms with E-state index in [2.05, 4.69) is 38.3 Å². The Morgan fingerprint density at radius 1 is 1.02 bits per heavy atom. The van der Waals surface area contributed by atoms with Crippen LogP contribution in [0.2, 0.25) is 0 Å². The average Bonchev–Trinajstić information content (AvgIpc) is 3.35. The summed E-state index contributed by atoms with van der Waals surface area (Å²) < 4.78 is 28.0. The van der Waals surface area contributed by atoms with Crippen LogP contribution in [0.4, 0.5) is 10.5 Å².